The highest BCUT2D eigenvalue weighted by Crippen LogP contribution is 2.35. The lowest BCUT2D eigenvalue weighted by Crippen LogP contribution is -2.55. The Morgan fingerprint density at radius 3 is 2.76 bits per heavy atom. The number of rotatable bonds is 4. The zero-order valence-corrected chi connectivity index (χ0v) is 14.6. The lowest BCUT2D eigenvalue weighted by molar-refractivity contribution is 0.123. The summed E-state index contributed by atoms with van der Waals surface area (Å²) in [5, 5.41) is 0. The minimum atomic E-state index is 0.0320. The number of nitrogens with two attached hydrogens (primary N) is 1. The third-order valence-electron chi connectivity index (χ3n) is 5.09. The van der Waals surface area contributed by atoms with Crippen LogP contribution < -0.4 is 10.5 Å². The standard InChI is InChI=1S/C17H25BrN2O/c1-17(2,20-6-3-4-7-20)15(19)11-13-10-14(18)9-12-5-8-21-16(12)13/h9-10,15H,3-8,11,19H2,1-2H3. The van der Waals surface area contributed by atoms with E-state index in [9.17, 15) is 0 Å². The van der Waals surface area contributed by atoms with Crippen LogP contribution in [0.3, 0.4) is 0 Å². The molecule has 21 heavy (non-hydrogen) atoms. The maximum absolute atomic E-state index is 6.59. The number of hydrogen-bond acceptors (Lipinski definition) is 3. The van der Waals surface area contributed by atoms with E-state index < -0.39 is 0 Å². The van der Waals surface area contributed by atoms with Gasteiger partial charge in [0, 0.05) is 22.5 Å². The number of halogens is 1. The largest absolute Gasteiger partial charge is 0.493 e. The van der Waals surface area contributed by atoms with Gasteiger partial charge in [0.05, 0.1) is 6.61 Å². The molecule has 1 saturated heterocycles. The fraction of sp³-hybridized carbons (Fsp3) is 0.647. The van der Waals surface area contributed by atoms with Gasteiger partial charge in [-0.2, -0.15) is 0 Å². The van der Waals surface area contributed by atoms with E-state index in [2.05, 4.69) is 46.8 Å². The minimum Gasteiger partial charge on any atom is -0.493 e. The van der Waals surface area contributed by atoms with Crippen molar-refractivity contribution in [1.29, 1.82) is 0 Å². The molecule has 2 heterocycles. The van der Waals surface area contributed by atoms with Crippen molar-refractivity contribution in [3.8, 4) is 5.75 Å². The maximum atomic E-state index is 6.59. The number of benzene rings is 1. The van der Waals surface area contributed by atoms with Gasteiger partial charge in [0.25, 0.3) is 0 Å². The Morgan fingerprint density at radius 1 is 1.33 bits per heavy atom. The molecule has 2 aliphatic rings. The third kappa shape index (κ3) is 2.99. The predicted molar refractivity (Wildman–Crippen MR) is 89.9 cm³/mol. The van der Waals surface area contributed by atoms with Crippen molar-refractivity contribution in [3.05, 3.63) is 27.7 Å². The summed E-state index contributed by atoms with van der Waals surface area (Å²) in [6, 6.07) is 4.45. The summed E-state index contributed by atoms with van der Waals surface area (Å²) >= 11 is 3.62. The first-order valence-electron chi connectivity index (χ1n) is 7.93. The first-order chi connectivity index (χ1) is 9.98. The number of fused-ring (bicyclic) bond motifs is 1. The molecular formula is C17H25BrN2O. The molecule has 2 aliphatic heterocycles. The van der Waals surface area contributed by atoms with Gasteiger partial charge in [-0.1, -0.05) is 15.9 Å². The smallest absolute Gasteiger partial charge is 0.125 e. The Morgan fingerprint density at radius 2 is 2.05 bits per heavy atom. The topological polar surface area (TPSA) is 38.5 Å². The first-order valence-corrected chi connectivity index (χ1v) is 8.72. The molecule has 116 valence electrons. The Hall–Kier alpha value is -0.580. The van der Waals surface area contributed by atoms with Crippen LogP contribution >= 0.6 is 15.9 Å². The summed E-state index contributed by atoms with van der Waals surface area (Å²) in [4.78, 5) is 2.54. The number of hydrogen-bond donors (Lipinski definition) is 1. The van der Waals surface area contributed by atoms with E-state index in [0.717, 1.165) is 29.7 Å². The van der Waals surface area contributed by atoms with Gasteiger partial charge in [0.1, 0.15) is 5.75 Å². The summed E-state index contributed by atoms with van der Waals surface area (Å²) < 4.78 is 6.97. The molecule has 2 N–H and O–H groups in total. The Kier molecular flexibility index (Phi) is 4.30. The SMILES string of the molecule is CC(C)(C(N)Cc1cc(Br)cc2c1OCC2)N1CCCC1. The van der Waals surface area contributed by atoms with E-state index in [1.54, 1.807) is 0 Å². The van der Waals surface area contributed by atoms with Crippen molar-refractivity contribution in [1.82, 2.24) is 4.90 Å². The van der Waals surface area contributed by atoms with Gasteiger partial charge in [-0.15, -0.1) is 0 Å². The summed E-state index contributed by atoms with van der Waals surface area (Å²) in [7, 11) is 0. The monoisotopic (exact) mass is 352 g/mol. The zero-order valence-electron chi connectivity index (χ0n) is 13.0. The lowest BCUT2D eigenvalue weighted by Gasteiger charge is -2.40. The third-order valence-corrected chi connectivity index (χ3v) is 5.55. The first kappa shape index (κ1) is 15.3. The van der Waals surface area contributed by atoms with Gasteiger partial charge in [0.2, 0.25) is 0 Å². The van der Waals surface area contributed by atoms with E-state index in [4.69, 9.17) is 10.5 Å². The number of likely N-dealkylation sites (tertiary alicyclic amines) is 1. The molecule has 0 bridgehead atoms. The Balaban J connectivity index is 1.80. The van der Waals surface area contributed by atoms with E-state index in [1.165, 1.54) is 37.1 Å². The normalized spacial score (nSPS) is 20.4. The van der Waals surface area contributed by atoms with Crippen molar-refractivity contribution in [3.63, 3.8) is 0 Å². The second kappa shape index (κ2) is 5.90. The average molecular weight is 353 g/mol. The minimum absolute atomic E-state index is 0.0320. The summed E-state index contributed by atoms with van der Waals surface area (Å²) in [5.74, 6) is 1.07. The van der Waals surface area contributed by atoms with Crippen LogP contribution in [-0.4, -0.2) is 36.2 Å². The summed E-state index contributed by atoms with van der Waals surface area (Å²) in [6.07, 6.45) is 4.47. The average Bonchev–Trinajstić information content (AvgIpc) is 3.09. The van der Waals surface area contributed by atoms with Crippen LogP contribution in [-0.2, 0) is 12.8 Å². The summed E-state index contributed by atoms with van der Waals surface area (Å²) in [5.41, 5.74) is 9.18. The molecule has 4 heteroatoms. The molecule has 0 aromatic heterocycles. The molecule has 3 nitrogen and oxygen atoms in total. The van der Waals surface area contributed by atoms with Crippen LogP contribution in [0.5, 0.6) is 5.75 Å². The van der Waals surface area contributed by atoms with Crippen molar-refractivity contribution < 1.29 is 4.74 Å². The second-order valence-electron chi connectivity index (χ2n) is 6.81. The molecule has 1 aromatic rings. The number of ether oxygens (including phenoxy) is 1. The molecule has 0 radical (unpaired) electrons. The van der Waals surface area contributed by atoms with Crippen LogP contribution in [0.4, 0.5) is 0 Å². The van der Waals surface area contributed by atoms with Crippen LogP contribution in [0.1, 0.15) is 37.8 Å². The van der Waals surface area contributed by atoms with E-state index in [-0.39, 0.29) is 11.6 Å². The number of nitrogens with zero attached hydrogens (tertiary/aromatic N) is 1. The van der Waals surface area contributed by atoms with Crippen LogP contribution in [0, 0.1) is 0 Å². The predicted octanol–water partition coefficient (Wildman–Crippen LogP) is 3.13. The van der Waals surface area contributed by atoms with Crippen molar-refractivity contribution in [2.45, 2.75) is 51.1 Å². The molecule has 0 amide bonds. The van der Waals surface area contributed by atoms with Crippen molar-refractivity contribution >= 4 is 15.9 Å². The van der Waals surface area contributed by atoms with E-state index >= 15 is 0 Å². The highest BCUT2D eigenvalue weighted by Gasteiger charge is 2.35. The van der Waals surface area contributed by atoms with Gasteiger partial charge >= 0.3 is 0 Å². The second-order valence-corrected chi connectivity index (χ2v) is 7.73. The fourth-order valence-corrected chi connectivity index (χ4v) is 4.06. The Bertz CT molecular complexity index is 524. The fourth-order valence-electron chi connectivity index (χ4n) is 3.51. The lowest BCUT2D eigenvalue weighted by atomic mass is 9.87. The van der Waals surface area contributed by atoms with Crippen LogP contribution in [0.15, 0.2) is 16.6 Å². The molecule has 1 aromatic carbocycles. The van der Waals surface area contributed by atoms with Crippen molar-refractivity contribution in [2.75, 3.05) is 19.7 Å². The molecule has 0 spiro atoms. The summed E-state index contributed by atoms with van der Waals surface area (Å²) in [6.45, 7) is 7.70. The maximum Gasteiger partial charge on any atom is 0.125 e. The molecule has 3 rings (SSSR count). The van der Waals surface area contributed by atoms with Gasteiger partial charge in [-0.05, 0) is 69.5 Å². The van der Waals surface area contributed by atoms with E-state index in [0.29, 0.717) is 0 Å². The molecule has 1 fully saturated rings. The van der Waals surface area contributed by atoms with Gasteiger partial charge in [-0.3, -0.25) is 4.90 Å². The highest BCUT2D eigenvalue weighted by atomic mass is 79.9. The van der Waals surface area contributed by atoms with Crippen molar-refractivity contribution in [2.24, 2.45) is 5.73 Å². The van der Waals surface area contributed by atoms with Gasteiger partial charge in [-0.25, -0.2) is 0 Å². The molecule has 0 saturated carbocycles. The molecule has 0 aliphatic carbocycles. The highest BCUT2D eigenvalue weighted by molar-refractivity contribution is 9.10. The van der Waals surface area contributed by atoms with Crippen LogP contribution in [0.25, 0.3) is 0 Å². The quantitative estimate of drug-likeness (QED) is 0.904. The van der Waals surface area contributed by atoms with Gasteiger partial charge in [0.15, 0.2) is 0 Å². The molecular weight excluding hydrogens is 328 g/mol. The van der Waals surface area contributed by atoms with Gasteiger partial charge < -0.3 is 10.5 Å². The molecule has 1 unspecified atom stereocenters. The van der Waals surface area contributed by atoms with Crippen LogP contribution in [0.2, 0.25) is 0 Å². The van der Waals surface area contributed by atoms with E-state index in [1.807, 2.05) is 0 Å². The Labute approximate surface area is 136 Å². The molecule has 1 atom stereocenters. The zero-order chi connectivity index (χ0) is 15.0.